The summed E-state index contributed by atoms with van der Waals surface area (Å²) in [4.78, 5) is 4.40. The number of para-hydroxylation sites is 1. The van der Waals surface area contributed by atoms with Crippen molar-refractivity contribution in [1.82, 2.24) is 4.98 Å². The van der Waals surface area contributed by atoms with Crippen molar-refractivity contribution in [2.45, 2.75) is 16.0 Å². The molecule has 5 heteroatoms. The zero-order chi connectivity index (χ0) is 11.4. The topological polar surface area (TPSA) is 60.5 Å². The second-order valence-corrected chi connectivity index (χ2v) is 5.53. The van der Waals surface area contributed by atoms with Crippen LogP contribution in [0.1, 0.15) is 6.42 Å². The molecule has 0 aliphatic rings. The molecule has 16 heavy (non-hydrogen) atoms. The molecule has 1 heterocycles. The van der Waals surface area contributed by atoms with Crippen molar-refractivity contribution in [1.29, 1.82) is 10.5 Å². The van der Waals surface area contributed by atoms with Crippen molar-refractivity contribution in [3.8, 4) is 12.1 Å². The van der Waals surface area contributed by atoms with Crippen LogP contribution in [0.2, 0.25) is 0 Å². The summed E-state index contributed by atoms with van der Waals surface area (Å²) in [5.41, 5.74) is 0.948. The largest absolute Gasteiger partial charge is 0.230 e. The average Bonchev–Trinajstić information content (AvgIpc) is 2.70. The van der Waals surface area contributed by atoms with Crippen molar-refractivity contribution in [2.75, 3.05) is 0 Å². The Hall–Kier alpha value is -1.56. The van der Waals surface area contributed by atoms with Crippen molar-refractivity contribution in [2.24, 2.45) is 0 Å². The highest BCUT2D eigenvalue weighted by Gasteiger charge is 2.12. The third-order valence-electron chi connectivity index (χ3n) is 1.94. The first-order chi connectivity index (χ1) is 7.83. The molecule has 1 atom stereocenters. The molecular weight excluding hydrogens is 238 g/mol. The minimum absolute atomic E-state index is 0.233. The van der Waals surface area contributed by atoms with Gasteiger partial charge in [0.2, 0.25) is 0 Å². The van der Waals surface area contributed by atoms with Gasteiger partial charge in [-0.2, -0.15) is 10.5 Å². The molecule has 0 N–H and O–H groups in total. The molecule has 0 saturated heterocycles. The van der Waals surface area contributed by atoms with Gasteiger partial charge < -0.3 is 0 Å². The molecule has 0 bridgehead atoms. The van der Waals surface area contributed by atoms with Gasteiger partial charge in [0.25, 0.3) is 0 Å². The minimum Gasteiger partial charge on any atom is -0.230 e. The van der Waals surface area contributed by atoms with Crippen LogP contribution >= 0.6 is 23.1 Å². The summed E-state index contributed by atoms with van der Waals surface area (Å²) in [6.45, 7) is 0. The van der Waals surface area contributed by atoms with Crippen LogP contribution in [0.15, 0.2) is 28.6 Å². The molecule has 2 rings (SSSR count). The van der Waals surface area contributed by atoms with Crippen LogP contribution in [0.25, 0.3) is 10.2 Å². The third kappa shape index (κ3) is 2.33. The number of rotatable bonds is 3. The summed E-state index contributed by atoms with van der Waals surface area (Å²) in [6.07, 6.45) is 0.233. The van der Waals surface area contributed by atoms with Crippen LogP contribution in [0, 0.1) is 22.7 Å². The maximum absolute atomic E-state index is 8.85. The van der Waals surface area contributed by atoms with Crippen molar-refractivity contribution < 1.29 is 0 Å². The van der Waals surface area contributed by atoms with Gasteiger partial charge in [0, 0.05) is 0 Å². The SMILES string of the molecule is N#CCC(C#N)Sc1nc2ccccc2s1. The monoisotopic (exact) mass is 245 g/mol. The van der Waals surface area contributed by atoms with E-state index in [1.807, 2.05) is 30.3 Å². The molecule has 1 unspecified atom stereocenters. The lowest BCUT2D eigenvalue weighted by molar-refractivity contribution is 1.08. The van der Waals surface area contributed by atoms with Gasteiger partial charge in [-0.15, -0.1) is 11.3 Å². The summed E-state index contributed by atoms with van der Waals surface area (Å²) < 4.78 is 1.96. The van der Waals surface area contributed by atoms with E-state index in [4.69, 9.17) is 10.5 Å². The molecule has 3 nitrogen and oxygen atoms in total. The highest BCUT2D eigenvalue weighted by Crippen LogP contribution is 2.32. The maximum atomic E-state index is 8.85. The predicted octanol–water partition coefficient (Wildman–Crippen LogP) is 3.19. The van der Waals surface area contributed by atoms with E-state index in [9.17, 15) is 0 Å². The fraction of sp³-hybridized carbons (Fsp3) is 0.182. The van der Waals surface area contributed by atoms with E-state index in [0.29, 0.717) is 0 Å². The lowest BCUT2D eigenvalue weighted by Gasteiger charge is -1.98. The summed E-state index contributed by atoms with van der Waals surface area (Å²) in [5.74, 6) is 0. The Balaban J connectivity index is 2.22. The molecule has 0 aliphatic heterocycles. The Morgan fingerprint density at radius 1 is 1.38 bits per heavy atom. The Morgan fingerprint density at radius 3 is 2.88 bits per heavy atom. The molecule has 0 spiro atoms. The molecule has 0 amide bonds. The molecular formula is C11H7N3S2. The van der Waals surface area contributed by atoms with Crippen molar-refractivity contribution >= 4 is 33.3 Å². The lowest BCUT2D eigenvalue weighted by Crippen LogP contribution is -1.95. The molecule has 1 aromatic heterocycles. The molecule has 0 aliphatic carbocycles. The Kier molecular flexibility index (Phi) is 3.40. The number of benzene rings is 1. The van der Waals surface area contributed by atoms with Gasteiger partial charge in [-0.1, -0.05) is 23.9 Å². The predicted molar refractivity (Wildman–Crippen MR) is 65.1 cm³/mol. The fourth-order valence-electron chi connectivity index (χ4n) is 1.22. The fourth-order valence-corrected chi connectivity index (χ4v) is 3.33. The first kappa shape index (κ1) is 10.9. The van der Waals surface area contributed by atoms with Crippen LogP contribution in [-0.4, -0.2) is 10.2 Å². The van der Waals surface area contributed by atoms with Crippen LogP contribution < -0.4 is 0 Å². The van der Waals surface area contributed by atoms with E-state index in [-0.39, 0.29) is 11.7 Å². The zero-order valence-corrected chi connectivity index (χ0v) is 9.88. The summed E-state index contributed by atoms with van der Waals surface area (Å²) in [5, 5.41) is 17.1. The van der Waals surface area contributed by atoms with E-state index >= 15 is 0 Å². The van der Waals surface area contributed by atoms with Crippen LogP contribution in [0.3, 0.4) is 0 Å². The maximum Gasteiger partial charge on any atom is 0.152 e. The van der Waals surface area contributed by atoms with Crippen molar-refractivity contribution in [3.05, 3.63) is 24.3 Å². The first-order valence-corrected chi connectivity index (χ1v) is 6.32. The van der Waals surface area contributed by atoms with Gasteiger partial charge in [-0.05, 0) is 12.1 Å². The van der Waals surface area contributed by atoms with Gasteiger partial charge in [0.1, 0.15) is 5.25 Å². The highest BCUT2D eigenvalue weighted by atomic mass is 32.2. The lowest BCUT2D eigenvalue weighted by atomic mass is 10.3. The summed E-state index contributed by atoms with van der Waals surface area (Å²) >= 11 is 2.92. The van der Waals surface area contributed by atoms with Gasteiger partial charge in [-0.3, -0.25) is 0 Å². The second kappa shape index (κ2) is 4.98. The Labute approximate surface area is 101 Å². The van der Waals surface area contributed by atoms with Crippen molar-refractivity contribution in [3.63, 3.8) is 0 Å². The number of thiazole rings is 1. The number of thioether (sulfide) groups is 1. The quantitative estimate of drug-likeness (QED) is 0.779. The number of aromatic nitrogens is 1. The van der Waals surface area contributed by atoms with Gasteiger partial charge >= 0.3 is 0 Å². The second-order valence-electron chi connectivity index (χ2n) is 3.05. The number of fused-ring (bicyclic) bond motifs is 1. The molecule has 0 saturated carbocycles. The van der Waals surface area contributed by atoms with Gasteiger partial charge in [-0.25, -0.2) is 4.98 Å². The van der Waals surface area contributed by atoms with Crippen LogP contribution in [0.4, 0.5) is 0 Å². The zero-order valence-electron chi connectivity index (χ0n) is 8.25. The van der Waals surface area contributed by atoms with Gasteiger partial charge in [0.05, 0.1) is 28.8 Å². The van der Waals surface area contributed by atoms with E-state index < -0.39 is 0 Å². The molecule has 78 valence electrons. The molecule has 2 aromatic rings. The number of nitrogens with zero attached hydrogens (tertiary/aromatic N) is 3. The standard InChI is InChI=1S/C11H7N3S2/c12-6-5-8(7-13)15-11-14-9-3-1-2-4-10(9)16-11/h1-4,8H,5H2. The van der Waals surface area contributed by atoms with E-state index in [2.05, 4.69) is 11.1 Å². The van der Waals surface area contributed by atoms with Crippen LogP contribution in [0.5, 0.6) is 0 Å². The van der Waals surface area contributed by atoms with Gasteiger partial charge in [0.15, 0.2) is 4.34 Å². The normalized spacial score (nSPS) is 11.9. The van der Waals surface area contributed by atoms with E-state index in [1.165, 1.54) is 11.8 Å². The summed E-state index contributed by atoms with van der Waals surface area (Å²) in [6, 6.07) is 12.0. The molecule has 0 radical (unpaired) electrons. The van der Waals surface area contributed by atoms with E-state index in [0.717, 1.165) is 14.6 Å². The Morgan fingerprint density at radius 2 is 2.19 bits per heavy atom. The smallest absolute Gasteiger partial charge is 0.152 e. The molecule has 0 fully saturated rings. The number of nitriles is 2. The average molecular weight is 245 g/mol. The first-order valence-electron chi connectivity index (χ1n) is 4.62. The molecule has 1 aromatic carbocycles. The Bertz CT molecular complexity index is 544. The van der Waals surface area contributed by atoms with E-state index in [1.54, 1.807) is 11.3 Å². The number of hydrogen-bond donors (Lipinski definition) is 0. The third-order valence-corrected chi connectivity index (χ3v) is 4.16. The number of hydrogen-bond acceptors (Lipinski definition) is 5. The summed E-state index contributed by atoms with van der Waals surface area (Å²) in [7, 11) is 0. The minimum atomic E-state index is -0.328. The van der Waals surface area contributed by atoms with Crippen LogP contribution in [-0.2, 0) is 0 Å². The highest BCUT2D eigenvalue weighted by molar-refractivity contribution is 8.01.